The third-order valence-corrected chi connectivity index (χ3v) is 2.99. The smallest absolute Gasteiger partial charge is 0.329 e. The van der Waals surface area contributed by atoms with Gasteiger partial charge < -0.3 is 14.7 Å². The minimum atomic E-state index is -1.18. The first-order valence-electron chi connectivity index (χ1n) is 5.57. The van der Waals surface area contributed by atoms with Crippen LogP contribution in [-0.4, -0.2) is 46.7 Å². The zero-order valence-electron chi connectivity index (χ0n) is 10.0. The Labute approximate surface area is 95.4 Å². The molecule has 5 nitrogen and oxygen atoms in total. The van der Waals surface area contributed by atoms with Crippen LogP contribution in [0.15, 0.2) is 0 Å². The quantitative estimate of drug-likeness (QED) is 0.777. The summed E-state index contributed by atoms with van der Waals surface area (Å²) in [5.41, 5.74) is -1.18. The van der Waals surface area contributed by atoms with Crippen molar-refractivity contribution in [2.75, 3.05) is 13.2 Å². The molecule has 0 bridgehead atoms. The first-order chi connectivity index (χ1) is 7.41. The summed E-state index contributed by atoms with van der Waals surface area (Å²) in [5.74, 6) is -1.21. The molecule has 1 aliphatic heterocycles. The SMILES string of the molecule is CCN(C(=O)C1CCCO1)C(C)(C)C(=O)O. The van der Waals surface area contributed by atoms with Gasteiger partial charge in [0.1, 0.15) is 11.6 Å². The van der Waals surface area contributed by atoms with Crippen LogP contribution >= 0.6 is 0 Å². The van der Waals surface area contributed by atoms with Crippen LogP contribution in [0, 0.1) is 0 Å². The van der Waals surface area contributed by atoms with Gasteiger partial charge in [0.2, 0.25) is 0 Å². The molecule has 16 heavy (non-hydrogen) atoms. The van der Waals surface area contributed by atoms with Crippen LogP contribution in [0.4, 0.5) is 0 Å². The van der Waals surface area contributed by atoms with Crippen LogP contribution in [0.3, 0.4) is 0 Å². The number of carboxylic acid groups (broad SMARTS) is 1. The van der Waals surface area contributed by atoms with Crippen molar-refractivity contribution in [1.82, 2.24) is 4.90 Å². The van der Waals surface area contributed by atoms with Crippen LogP contribution < -0.4 is 0 Å². The molecule has 0 saturated carbocycles. The maximum Gasteiger partial charge on any atom is 0.329 e. The van der Waals surface area contributed by atoms with E-state index in [-0.39, 0.29) is 5.91 Å². The second-order valence-corrected chi connectivity index (χ2v) is 4.45. The molecule has 0 aromatic rings. The Kier molecular flexibility index (Phi) is 3.91. The Morgan fingerprint density at radius 1 is 1.50 bits per heavy atom. The van der Waals surface area contributed by atoms with E-state index in [2.05, 4.69) is 0 Å². The molecule has 1 N–H and O–H groups in total. The summed E-state index contributed by atoms with van der Waals surface area (Å²) in [6.07, 6.45) is 1.09. The summed E-state index contributed by atoms with van der Waals surface area (Å²) < 4.78 is 5.29. The number of hydrogen-bond acceptors (Lipinski definition) is 3. The number of hydrogen-bond donors (Lipinski definition) is 1. The van der Waals surface area contributed by atoms with Crippen molar-refractivity contribution in [3.8, 4) is 0 Å². The molecule has 1 atom stereocenters. The number of nitrogens with zero attached hydrogens (tertiary/aromatic N) is 1. The van der Waals surface area contributed by atoms with Gasteiger partial charge in [0.25, 0.3) is 5.91 Å². The average Bonchev–Trinajstić information content (AvgIpc) is 2.70. The molecule has 1 aliphatic rings. The van der Waals surface area contributed by atoms with Gasteiger partial charge in [0, 0.05) is 13.2 Å². The zero-order valence-corrected chi connectivity index (χ0v) is 10.0. The normalized spacial score (nSPS) is 20.8. The first kappa shape index (κ1) is 13.0. The topological polar surface area (TPSA) is 66.8 Å². The van der Waals surface area contributed by atoms with E-state index in [0.29, 0.717) is 19.6 Å². The molecule has 0 aromatic carbocycles. The molecule has 1 unspecified atom stereocenters. The number of rotatable bonds is 4. The Hall–Kier alpha value is -1.10. The van der Waals surface area contributed by atoms with E-state index in [1.54, 1.807) is 6.92 Å². The second kappa shape index (κ2) is 4.82. The lowest BCUT2D eigenvalue weighted by Gasteiger charge is -2.35. The van der Waals surface area contributed by atoms with E-state index >= 15 is 0 Å². The Morgan fingerprint density at radius 3 is 2.50 bits per heavy atom. The highest BCUT2D eigenvalue weighted by molar-refractivity contribution is 5.88. The minimum absolute atomic E-state index is 0.215. The summed E-state index contributed by atoms with van der Waals surface area (Å²) in [4.78, 5) is 24.5. The average molecular weight is 229 g/mol. The molecule has 92 valence electrons. The van der Waals surface area contributed by atoms with E-state index in [1.165, 1.54) is 18.7 Å². The van der Waals surface area contributed by atoms with Crippen molar-refractivity contribution >= 4 is 11.9 Å². The van der Waals surface area contributed by atoms with Crippen molar-refractivity contribution < 1.29 is 19.4 Å². The Balaban J connectivity index is 2.80. The largest absolute Gasteiger partial charge is 0.480 e. The second-order valence-electron chi connectivity index (χ2n) is 4.45. The minimum Gasteiger partial charge on any atom is -0.480 e. The fourth-order valence-corrected chi connectivity index (χ4v) is 1.89. The lowest BCUT2D eigenvalue weighted by molar-refractivity contribution is -0.160. The Morgan fingerprint density at radius 2 is 2.12 bits per heavy atom. The number of amides is 1. The van der Waals surface area contributed by atoms with Crippen LogP contribution in [0.1, 0.15) is 33.6 Å². The number of ether oxygens (including phenoxy) is 1. The first-order valence-corrected chi connectivity index (χ1v) is 5.57. The number of likely N-dealkylation sites (N-methyl/N-ethyl adjacent to an activating group) is 1. The van der Waals surface area contributed by atoms with E-state index in [9.17, 15) is 9.59 Å². The van der Waals surface area contributed by atoms with E-state index < -0.39 is 17.6 Å². The van der Waals surface area contributed by atoms with Gasteiger partial charge in [0.15, 0.2) is 0 Å². The van der Waals surface area contributed by atoms with Gasteiger partial charge in [-0.1, -0.05) is 0 Å². The van der Waals surface area contributed by atoms with Crippen LogP contribution in [0.25, 0.3) is 0 Å². The van der Waals surface area contributed by atoms with Gasteiger partial charge in [-0.3, -0.25) is 4.79 Å². The fraction of sp³-hybridized carbons (Fsp3) is 0.818. The maximum atomic E-state index is 12.1. The van der Waals surface area contributed by atoms with Crippen molar-refractivity contribution in [1.29, 1.82) is 0 Å². The maximum absolute atomic E-state index is 12.1. The van der Waals surface area contributed by atoms with Gasteiger partial charge in [-0.2, -0.15) is 0 Å². The summed E-state index contributed by atoms with van der Waals surface area (Å²) in [6, 6.07) is 0. The molecule has 0 aliphatic carbocycles. The zero-order chi connectivity index (χ0) is 12.3. The van der Waals surface area contributed by atoms with E-state index in [0.717, 1.165) is 6.42 Å². The molecule has 1 fully saturated rings. The highest BCUT2D eigenvalue weighted by Gasteiger charge is 2.40. The molecule has 0 aromatic heterocycles. The van der Waals surface area contributed by atoms with Crippen LogP contribution in [0.5, 0.6) is 0 Å². The predicted octanol–water partition coefficient (Wildman–Crippen LogP) is 0.877. The molecule has 0 spiro atoms. The fourth-order valence-electron chi connectivity index (χ4n) is 1.89. The molecule has 5 heteroatoms. The number of carbonyl (C=O) groups excluding carboxylic acids is 1. The molecular weight excluding hydrogens is 210 g/mol. The molecule has 1 heterocycles. The van der Waals surface area contributed by atoms with Crippen molar-refractivity contribution in [3.05, 3.63) is 0 Å². The van der Waals surface area contributed by atoms with Crippen molar-refractivity contribution in [2.45, 2.75) is 45.3 Å². The highest BCUT2D eigenvalue weighted by Crippen LogP contribution is 2.21. The lowest BCUT2D eigenvalue weighted by atomic mass is 10.0. The van der Waals surface area contributed by atoms with Crippen molar-refractivity contribution in [2.24, 2.45) is 0 Å². The summed E-state index contributed by atoms with van der Waals surface area (Å²) in [5, 5.41) is 9.10. The molecule has 1 rings (SSSR count). The van der Waals surface area contributed by atoms with E-state index in [4.69, 9.17) is 9.84 Å². The third kappa shape index (κ3) is 2.35. The predicted molar refractivity (Wildman–Crippen MR) is 58.1 cm³/mol. The number of carbonyl (C=O) groups is 2. The highest BCUT2D eigenvalue weighted by atomic mass is 16.5. The monoisotopic (exact) mass is 229 g/mol. The Bertz CT molecular complexity index is 282. The molecule has 1 amide bonds. The molecule has 0 radical (unpaired) electrons. The standard InChI is InChI=1S/C11H19NO4/c1-4-12(11(2,3)10(14)15)9(13)8-6-5-7-16-8/h8H,4-7H2,1-3H3,(H,14,15). The van der Waals surface area contributed by atoms with E-state index in [1.807, 2.05) is 0 Å². The third-order valence-electron chi connectivity index (χ3n) is 2.99. The van der Waals surface area contributed by atoms with Gasteiger partial charge in [-0.05, 0) is 33.6 Å². The summed E-state index contributed by atoms with van der Waals surface area (Å²) >= 11 is 0. The lowest BCUT2D eigenvalue weighted by Crippen LogP contribution is -2.55. The van der Waals surface area contributed by atoms with Gasteiger partial charge >= 0.3 is 5.97 Å². The van der Waals surface area contributed by atoms with Gasteiger partial charge in [-0.15, -0.1) is 0 Å². The van der Waals surface area contributed by atoms with Gasteiger partial charge in [-0.25, -0.2) is 4.79 Å². The number of carboxylic acids is 1. The molecular formula is C11H19NO4. The van der Waals surface area contributed by atoms with Crippen molar-refractivity contribution in [3.63, 3.8) is 0 Å². The summed E-state index contributed by atoms with van der Waals surface area (Å²) in [7, 11) is 0. The number of aliphatic carboxylic acids is 1. The van der Waals surface area contributed by atoms with Crippen LogP contribution in [0.2, 0.25) is 0 Å². The summed E-state index contributed by atoms with van der Waals surface area (Å²) in [6.45, 7) is 5.80. The van der Waals surface area contributed by atoms with Crippen LogP contribution in [-0.2, 0) is 14.3 Å². The molecule has 1 saturated heterocycles. The van der Waals surface area contributed by atoms with Gasteiger partial charge in [0.05, 0.1) is 0 Å².